The highest BCUT2D eigenvalue weighted by molar-refractivity contribution is 6.31. The second-order valence-electron chi connectivity index (χ2n) is 14.0. The molecule has 0 atom stereocenters. The summed E-state index contributed by atoms with van der Waals surface area (Å²) in [6.45, 7) is 4.82. The Bertz CT molecular complexity index is 1640. The molecule has 0 spiro atoms. The van der Waals surface area contributed by atoms with Crippen LogP contribution < -0.4 is 5.43 Å². The normalized spacial score (nSPS) is 11.5. The predicted molar refractivity (Wildman–Crippen MR) is 209 cm³/mol. The van der Waals surface area contributed by atoms with Crippen LogP contribution in [-0.4, -0.2) is 17.7 Å². The highest BCUT2D eigenvalue weighted by Crippen LogP contribution is 2.43. The molecule has 2 aromatic rings. The third-order valence-corrected chi connectivity index (χ3v) is 10.2. The molecule has 1 N–H and O–H groups in total. The van der Waals surface area contributed by atoms with Gasteiger partial charge in [-0.15, -0.1) is 0 Å². The SMILES string of the molecule is CCCCCCCCCCCCCCCCCCOC(=O)c1ccccc1-c1c2cc(Cl)c(=O)cc-2oc2cc(O)c(CCCCCC)cc12. The van der Waals surface area contributed by atoms with Crippen molar-refractivity contribution in [3.63, 3.8) is 0 Å². The summed E-state index contributed by atoms with van der Waals surface area (Å²) in [5, 5.41) is 11.7. The maximum absolute atomic E-state index is 13.6. The van der Waals surface area contributed by atoms with Gasteiger partial charge in [0.05, 0.1) is 17.2 Å². The average Bonchev–Trinajstić information content (AvgIpc) is 3.11. The number of phenolic OH excluding ortho intramolecular Hbond substituents is 1. The van der Waals surface area contributed by atoms with Crippen LogP contribution in [0, 0.1) is 0 Å². The number of carbonyl (C=O) groups excluding carboxylic acids is 1. The molecule has 0 amide bonds. The zero-order chi connectivity index (χ0) is 35.6. The highest BCUT2D eigenvalue weighted by atomic mass is 35.5. The van der Waals surface area contributed by atoms with Crippen molar-refractivity contribution in [3.8, 4) is 28.2 Å². The number of aromatic hydroxyl groups is 1. The number of benzene rings is 3. The van der Waals surface area contributed by atoms with Gasteiger partial charge in [0, 0.05) is 28.6 Å². The number of hydrogen-bond acceptors (Lipinski definition) is 5. The van der Waals surface area contributed by atoms with Crippen LogP contribution in [0.25, 0.3) is 33.4 Å². The number of esters is 1. The van der Waals surface area contributed by atoms with Crippen LogP contribution in [-0.2, 0) is 11.2 Å². The first-order valence-electron chi connectivity index (χ1n) is 19.6. The van der Waals surface area contributed by atoms with Gasteiger partial charge in [0.1, 0.15) is 17.1 Å². The Morgan fingerprint density at radius 2 is 1.26 bits per heavy atom. The largest absolute Gasteiger partial charge is 0.508 e. The summed E-state index contributed by atoms with van der Waals surface area (Å²) in [6.07, 6.45) is 25.7. The Morgan fingerprint density at radius 1 is 0.700 bits per heavy atom. The lowest BCUT2D eigenvalue weighted by molar-refractivity contribution is 0.0498. The first-order chi connectivity index (χ1) is 24.4. The molecular formula is C44H59ClO5. The molecule has 0 saturated heterocycles. The predicted octanol–water partition coefficient (Wildman–Crippen LogP) is 13.5. The minimum absolute atomic E-state index is 0.0791. The van der Waals surface area contributed by atoms with Gasteiger partial charge in [0.15, 0.2) is 0 Å². The van der Waals surface area contributed by atoms with Gasteiger partial charge in [-0.05, 0) is 48.6 Å². The van der Waals surface area contributed by atoms with E-state index in [0.717, 1.165) is 67.9 Å². The van der Waals surface area contributed by atoms with Gasteiger partial charge >= 0.3 is 5.97 Å². The molecule has 1 aliphatic heterocycles. The summed E-state index contributed by atoms with van der Waals surface area (Å²) in [7, 11) is 0. The van der Waals surface area contributed by atoms with E-state index in [2.05, 4.69) is 13.8 Å². The third-order valence-electron chi connectivity index (χ3n) is 9.92. The van der Waals surface area contributed by atoms with Crippen molar-refractivity contribution in [2.24, 2.45) is 0 Å². The maximum atomic E-state index is 13.6. The van der Waals surface area contributed by atoms with Gasteiger partial charge in [-0.1, -0.05) is 159 Å². The van der Waals surface area contributed by atoms with Gasteiger partial charge in [0.2, 0.25) is 5.43 Å². The molecule has 5 nitrogen and oxygen atoms in total. The lowest BCUT2D eigenvalue weighted by Gasteiger charge is -2.19. The monoisotopic (exact) mass is 702 g/mol. The Kier molecular flexibility index (Phi) is 17.2. The van der Waals surface area contributed by atoms with E-state index in [1.165, 1.54) is 89.5 Å². The number of rotatable bonds is 24. The van der Waals surface area contributed by atoms with Crippen LogP contribution in [0.4, 0.5) is 0 Å². The van der Waals surface area contributed by atoms with E-state index in [0.29, 0.717) is 34.6 Å². The maximum Gasteiger partial charge on any atom is 0.338 e. The van der Waals surface area contributed by atoms with Crippen molar-refractivity contribution >= 4 is 28.5 Å². The van der Waals surface area contributed by atoms with Crippen LogP contribution >= 0.6 is 11.6 Å². The van der Waals surface area contributed by atoms with Gasteiger partial charge in [-0.2, -0.15) is 0 Å². The van der Waals surface area contributed by atoms with Crippen LogP contribution in [0.1, 0.15) is 158 Å². The lowest BCUT2D eigenvalue weighted by Crippen LogP contribution is -2.09. The summed E-state index contributed by atoms with van der Waals surface area (Å²) in [6, 6.07) is 13.9. The van der Waals surface area contributed by atoms with E-state index in [4.69, 9.17) is 20.8 Å². The molecule has 272 valence electrons. The van der Waals surface area contributed by atoms with E-state index in [9.17, 15) is 14.7 Å². The Morgan fingerprint density at radius 3 is 1.88 bits per heavy atom. The smallest absolute Gasteiger partial charge is 0.338 e. The van der Waals surface area contributed by atoms with E-state index < -0.39 is 0 Å². The molecule has 1 heterocycles. The molecule has 0 saturated carbocycles. The van der Waals surface area contributed by atoms with Crippen LogP contribution in [0.15, 0.2) is 57.7 Å². The zero-order valence-electron chi connectivity index (χ0n) is 30.6. The van der Waals surface area contributed by atoms with Crippen molar-refractivity contribution in [2.45, 2.75) is 149 Å². The fourth-order valence-electron chi connectivity index (χ4n) is 6.98. The minimum Gasteiger partial charge on any atom is -0.508 e. The van der Waals surface area contributed by atoms with E-state index in [1.807, 2.05) is 24.3 Å². The van der Waals surface area contributed by atoms with Gasteiger partial charge in [-0.25, -0.2) is 4.79 Å². The zero-order valence-corrected chi connectivity index (χ0v) is 31.4. The fourth-order valence-corrected chi connectivity index (χ4v) is 7.14. The van der Waals surface area contributed by atoms with E-state index in [1.54, 1.807) is 18.2 Å². The summed E-state index contributed by atoms with van der Waals surface area (Å²) < 4.78 is 12.0. The first kappa shape index (κ1) is 39.5. The first-order valence-corrected chi connectivity index (χ1v) is 20.0. The standard InChI is InChI=1S/C44H59ClO5/c1-3-5-7-9-10-11-12-13-14-15-16-17-18-19-20-24-28-49-44(48)35-27-23-22-26-34(35)43-36-29-33(25-21-8-6-4-2)39(46)31-41(36)50-42-32-40(47)38(45)30-37(42)43/h22-23,26-27,29-32,46H,3-21,24-25,28H2,1-2H3. The Labute approximate surface area is 305 Å². The van der Waals surface area contributed by atoms with Crippen molar-refractivity contribution in [1.82, 2.24) is 0 Å². The molecule has 0 unspecified atom stereocenters. The number of carbonyl (C=O) groups is 1. The second-order valence-corrected chi connectivity index (χ2v) is 14.4. The topological polar surface area (TPSA) is 76.7 Å². The van der Waals surface area contributed by atoms with Crippen molar-refractivity contribution < 1.29 is 19.1 Å². The molecule has 4 rings (SSSR count). The molecule has 50 heavy (non-hydrogen) atoms. The summed E-state index contributed by atoms with van der Waals surface area (Å²) in [4.78, 5) is 26.1. The Balaban J connectivity index is 1.34. The second kappa shape index (κ2) is 21.8. The molecule has 1 aliphatic carbocycles. The molecule has 6 heteroatoms. The fraction of sp³-hybridized carbons (Fsp3) is 0.545. The number of unbranched alkanes of at least 4 members (excludes halogenated alkanes) is 18. The molecule has 0 radical (unpaired) electrons. The quantitative estimate of drug-likeness (QED) is 0.0447. The number of aryl methyl sites for hydroxylation is 1. The highest BCUT2D eigenvalue weighted by Gasteiger charge is 2.24. The number of hydrogen-bond donors (Lipinski definition) is 1. The van der Waals surface area contributed by atoms with E-state index in [-0.39, 0.29) is 22.2 Å². The van der Waals surface area contributed by atoms with Gasteiger partial charge in [0.25, 0.3) is 0 Å². The summed E-state index contributed by atoms with van der Waals surface area (Å²) >= 11 is 6.35. The van der Waals surface area contributed by atoms with Crippen LogP contribution in [0.2, 0.25) is 5.02 Å². The lowest BCUT2D eigenvalue weighted by atomic mass is 9.89. The van der Waals surface area contributed by atoms with Crippen molar-refractivity contribution in [1.29, 1.82) is 0 Å². The van der Waals surface area contributed by atoms with Crippen LogP contribution in [0.3, 0.4) is 0 Å². The molecule has 2 aliphatic rings. The van der Waals surface area contributed by atoms with Crippen LogP contribution in [0.5, 0.6) is 5.75 Å². The minimum atomic E-state index is -0.381. The average molecular weight is 703 g/mol. The number of ether oxygens (including phenoxy) is 1. The number of phenols is 1. The third kappa shape index (κ3) is 11.9. The summed E-state index contributed by atoms with van der Waals surface area (Å²) in [5.41, 5.74) is 3.37. The van der Waals surface area contributed by atoms with E-state index >= 15 is 0 Å². The van der Waals surface area contributed by atoms with Crippen molar-refractivity contribution in [2.75, 3.05) is 6.61 Å². The van der Waals surface area contributed by atoms with Crippen molar-refractivity contribution in [3.05, 3.63) is 74.9 Å². The molecule has 0 bridgehead atoms. The van der Waals surface area contributed by atoms with Gasteiger partial charge < -0.3 is 14.3 Å². The van der Waals surface area contributed by atoms with Gasteiger partial charge in [-0.3, -0.25) is 4.79 Å². The Hall–Kier alpha value is -3.31. The molecular weight excluding hydrogens is 644 g/mol. The summed E-state index contributed by atoms with van der Waals surface area (Å²) in [5.74, 6) is 0.118. The molecule has 0 fully saturated rings. The molecule has 0 aromatic heterocycles. The number of halogens is 1. The molecule has 2 aromatic carbocycles. The number of fused-ring (bicyclic) bond motifs is 2.